The number of hydrogen-bond acceptors (Lipinski definition) is 7. The largest absolute Gasteiger partial charge is 0.422 e. The van der Waals surface area contributed by atoms with Gasteiger partial charge >= 0.3 is 5.97 Å². The van der Waals surface area contributed by atoms with Crippen molar-refractivity contribution in [2.45, 2.75) is 18.7 Å². The third kappa shape index (κ3) is 4.21. The lowest BCUT2D eigenvalue weighted by Gasteiger charge is -2.17. The highest BCUT2D eigenvalue weighted by Gasteiger charge is 2.24. The number of nitrogens with zero attached hydrogens (tertiary/aromatic N) is 2. The summed E-state index contributed by atoms with van der Waals surface area (Å²) < 4.78 is 31.2. The van der Waals surface area contributed by atoms with Crippen LogP contribution in [0.3, 0.4) is 0 Å². The van der Waals surface area contributed by atoms with Gasteiger partial charge in [-0.1, -0.05) is 13.8 Å². The summed E-state index contributed by atoms with van der Waals surface area (Å²) in [7, 11) is -3.64. The van der Waals surface area contributed by atoms with Crippen molar-refractivity contribution >= 4 is 33.0 Å². The maximum atomic E-state index is 12.4. The molecule has 1 aromatic carbocycles. The van der Waals surface area contributed by atoms with Gasteiger partial charge in [0.05, 0.1) is 9.82 Å². The van der Waals surface area contributed by atoms with Gasteiger partial charge in [-0.05, 0) is 18.2 Å². The number of carbonyl (C=O) groups excluding carboxylic acids is 1. The molecule has 0 saturated heterocycles. The van der Waals surface area contributed by atoms with E-state index in [1.54, 1.807) is 13.8 Å². The highest BCUT2D eigenvalue weighted by molar-refractivity contribution is 7.89. The predicted molar refractivity (Wildman–Crippen MR) is 92.5 cm³/mol. The van der Waals surface area contributed by atoms with Crippen molar-refractivity contribution in [2.24, 2.45) is 0 Å². The molecule has 0 aliphatic carbocycles. The minimum Gasteiger partial charge on any atom is -0.422 e. The first-order valence-corrected chi connectivity index (χ1v) is 9.66. The summed E-state index contributed by atoms with van der Waals surface area (Å²) in [5.41, 5.74) is -0.122. The normalized spacial score (nSPS) is 11.5. The second-order valence-electron chi connectivity index (χ2n) is 4.88. The van der Waals surface area contributed by atoms with E-state index < -0.39 is 20.9 Å². The topological polar surface area (TPSA) is 107 Å². The van der Waals surface area contributed by atoms with Gasteiger partial charge in [-0.3, -0.25) is 10.1 Å². The summed E-state index contributed by atoms with van der Waals surface area (Å²) in [4.78, 5) is 22.3. The number of thiophene rings is 1. The molecule has 0 aliphatic rings. The van der Waals surface area contributed by atoms with Crippen molar-refractivity contribution in [1.29, 1.82) is 0 Å². The predicted octanol–water partition coefficient (Wildman–Crippen LogP) is 2.91. The summed E-state index contributed by atoms with van der Waals surface area (Å²) in [6.07, 6.45) is 0. The molecule has 1 aromatic heterocycles. The van der Waals surface area contributed by atoms with Crippen LogP contribution in [0, 0.1) is 10.1 Å². The molecular formula is C15H16N2O6S2. The summed E-state index contributed by atoms with van der Waals surface area (Å²) >= 11 is 0.962. The van der Waals surface area contributed by atoms with Crippen LogP contribution in [-0.2, 0) is 10.0 Å². The molecule has 0 unspecified atom stereocenters. The molecule has 0 amide bonds. The van der Waals surface area contributed by atoms with Crippen LogP contribution in [0.4, 0.5) is 5.69 Å². The molecule has 0 radical (unpaired) electrons. The van der Waals surface area contributed by atoms with Crippen molar-refractivity contribution in [3.8, 4) is 5.75 Å². The number of non-ortho nitro benzene ring substituents is 1. The van der Waals surface area contributed by atoms with Crippen LogP contribution in [0.5, 0.6) is 5.75 Å². The number of benzene rings is 1. The van der Waals surface area contributed by atoms with E-state index in [0.29, 0.717) is 13.1 Å². The summed E-state index contributed by atoms with van der Waals surface area (Å²) in [6.45, 7) is 4.13. The molecule has 2 aromatic rings. The van der Waals surface area contributed by atoms with Crippen LogP contribution in [0.15, 0.2) is 40.6 Å². The number of rotatable bonds is 7. The van der Waals surface area contributed by atoms with Crippen LogP contribution >= 0.6 is 11.3 Å². The summed E-state index contributed by atoms with van der Waals surface area (Å²) in [6, 6.07) is 6.31. The van der Waals surface area contributed by atoms with Gasteiger partial charge in [-0.15, -0.1) is 11.3 Å². The van der Waals surface area contributed by atoms with Gasteiger partial charge in [-0.25, -0.2) is 13.2 Å². The zero-order valence-electron chi connectivity index (χ0n) is 13.5. The third-order valence-corrected chi connectivity index (χ3v) is 6.46. The van der Waals surface area contributed by atoms with E-state index in [4.69, 9.17) is 4.74 Å². The monoisotopic (exact) mass is 384 g/mol. The Morgan fingerprint density at radius 1 is 1.24 bits per heavy atom. The second-order valence-corrected chi connectivity index (χ2v) is 7.73. The number of carbonyl (C=O) groups is 1. The fourth-order valence-corrected chi connectivity index (χ4v) is 4.66. The molecule has 25 heavy (non-hydrogen) atoms. The molecule has 0 aliphatic heterocycles. The molecular weight excluding hydrogens is 368 g/mol. The lowest BCUT2D eigenvalue weighted by molar-refractivity contribution is -0.384. The van der Waals surface area contributed by atoms with Gasteiger partial charge in [0, 0.05) is 30.6 Å². The molecule has 134 valence electrons. The van der Waals surface area contributed by atoms with Crippen molar-refractivity contribution < 1.29 is 22.9 Å². The van der Waals surface area contributed by atoms with Crippen LogP contribution in [-0.4, -0.2) is 36.7 Å². The second kappa shape index (κ2) is 7.72. The Kier molecular flexibility index (Phi) is 5.88. The van der Waals surface area contributed by atoms with E-state index in [1.807, 2.05) is 0 Å². The smallest absolute Gasteiger partial charge is 0.353 e. The lowest BCUT2D eigenvalue weighted by atomic mass is 10.3. The fraction of sp³-hybridized carbons (Fsp3) is 0.267. The Morgan fingerprint density at radius 2 is 1.84 bits per heavy atom. The van der Waals surface area contributed by atoms with Gasteiger partial charge in [0.1, 0.15) is 10.6 Å². The molecule has 0 N–H and O–H groups in total. The van der Waals surface area contributed by atoms with E-state index in [0.717, 1.165) is 11.3 Å². The van der Waals surface area contributed by atoms with Crippen molar-refractivity contribution in [2.75, 3.05) is 13.1 Å². The van der Waals surface area contributed by atoms with Crippen molar-refractivity contribution in [3.05, 3.63) is 50.7 Å². The minimum absolute atomic E-state index is 0.0387. The van der Waals surface area contributed by atoms with Gasteiger partial charge in [0.15, 0.2) is 0 Å². The minimum atomic E-state index is -3.64. The van der Waals surface area contributed by atoms with Crippen molar-refractivity contribution in [1.82, 2.24) is 4.31 Å². The summed E-state index contributed by atoms with van der Waals surface area (Å²) in [5.74, 6) is -0.586. The first-order chi connectivity index (χ1) is 11.8. The Bertz CT molecular complexity index is 870. The van der Waals surface area contributed by atoms with Crippen LogP contribution < -0.4 is 4.74 Å². The fourth-order valence-electron chi connectivity index (χ4n) is 2.07. The zero-order valence-corrected chi connectivity index (χ0v) is 15.2. The molecule has 10 heteroatoms. The van der Waals surface area contributed by atoms with Crippen LogP contribution in [0.1, 0.15) is 23.5 Å². The number of esters is 1. The third-order valence-electron chi connectivity index (χ3n) is 3.38. The van der Waals surface area contributed by atoms with Gasteiger partial charge in [-0.2, -0.15) is 4.31 Å². The van der Waals surface area contributed by atoms with Crippen molar-refractivity contribution in [3.63, 3.8) is 0 Å². The Morgan fingerprint density at radius 3 is 2.36 bits per heavy atom. The lowest BCUT2D eigenvalue weighted by Crippen LogP contribution is -2.30. The molecule has 1 heterocycles. The van der Waals surface area contributed by atoms with Crippen LogP contribution in [0.2, 0.25) is 0 Å². The first-order valence-electron chi connectivity index (χ1n) is 7.35. The molecule has 0 bridgehead atoms. The van der Waals surface area contributed by atoms with E-state index >= 15 is 0 Å². The van der Waals surface area contributed by atoms with Gasteiger partial charge in [0.2, 0.25) is 10.0 Å². The van der Waals surface area contributed by atoms with Gasteiger partial charge < -0.3 is 4.74 Å². The van der Waals surface area contributed by atoms with Gasteiger partial charge in [0.25, 0.3) is 5.69 Å². The molecule has 0 saturated carbocycles. The quantitative estimate of drug-likeness (QED) is 0.314. The Labute approximate surface area is 148 Å². The zero-order chi connectivity index (χ0) is 18.6. The Hall–Kier alpha value is -2.30. The highest BCUT2D eigenvalue weighted by atomic mass is 32.2. The standard InChI is InChI=1S/C15H16N2O6S2/c1-3-16(4-2)25(21,22)13-9-14(24-10-13)15(18)23-12-7-5-11(6-8-12)17(19)20/h5-10H,3-4H2,1-2H3. The van der Waals surface area contributed by atoms with E-state index in [9.17, 15) is 23.3 Å². The number of sulfonamides is 1. The number of nitro groups is 1. The average Bonchev–Trinajstić information content (AvgIpc) is 3.07. The number of ether oxygens (including phenoxy) is 1. The highest BCUT2D eigenvalue weighted by Crippen LogP contribution is 2.24. The van der Waals surface area contributed by atoms with Crippen LogP contribution in [0.25, 0.3) is 0 Å². The molecule has 0 atom stereocenters. The molecule has 2 rings (SSSR count). The van der Waals surface area contributed by atoms with E-state index in [1.165, 1.54) is 40.0 Å². The van der Waals surface area contributed by atoms with E-state index in [-0.39, 0.29) is 21.2 Å². The number of nitro benzene ring substituents is 1. The first kappa shape index (κ1) is 19.0. The maximum absolute atomic E-state index is 12.4. The number of hydrogen-bond donors (Lipinski definition) is 0. The SMILES string of the molecule is CCN(CC)S(=O)(=O)c1csc(C(=O)Oc2ccc([N+](=O)[O-])cc2)c1. The average molecular weight is 384 g/mol. The molecule has 0 spiro atoms. The summed E-state index contributed by atoms with van der Waals surface area (Å²) in [5, 5.41) is 12.0. The maximum Gasteiger partial charge on any atom is 0.353 e. The molecule has 0 fully saturated rings. The molecule has 8 nitrogen and oxygen atoms in total. The Balaban J connectivity index is 2.16. The van der Waals surface area contributed by atoms with E-state index in [2.05, 4.69) is 0 Å².